The molecule has 2 aliphatic rings. The normalized spacial score (nSPS) is 15.7. The highest BCUT2D eigenvalue weighted by Crippen LogP contribution is 2.40. The maximum atomic E-state index is 13.2. The van der Waals surface area contributed by atoms with E-state index in [1.165, 1.54) is 0 Å². The lowest BCUT2D eigenvalue weighted by Gasteiger charge is -2.15. The topological polar surface area (TPSA) is 59.4 Å². The van der Waals surface area contributed by atoms with Crippen molar-refractivity contribution in [1.29, 1.82) is 0 Å². The van der Waals surface area contributed by atoms with E-state index >= 15 is 0 Å². The van der Waals surface area contributed by atoms with Gasteiger partial charge in [0.25, 0.3) is 5.91 Å². The van der Waals surface area contributed by atoms with E-state index < -0.39 is 0 Å². The summed E-state index contributed by atoms with van der Waals surface area (Å²) < 4.78 is 7.66. The predicted octanol–water partition coefficient (Wildman–Crippen LogP) is 5.18. The Kier molecular flexibility index (Phi) is 5.56. The molecule has 1 aromatic heterocycles. The van der Waals surface area contributed by atoms with Crippen molar-refractivity contribution in [2.45, 2.75) is 19.3 Å². The van der Waals surface area contributed by atoms with Gasteiger partial charge in [-0.2, -0.15) is 5.10 Å². The number of nitrogens with one attached hydrogen (secondary N) is 1. The Bertz CT molecular complexity index is 1170. The molecule has 0 aliphatic carbocycles. The van der Waals surface area contributed by atoms with Crippen LogP contribution in [0.3, 0.4) is 0 Å². The third-order valence-corrected chi connectivity index (χ3v) is 6.28. The quantitative estimate of drug-likeness (QED) is 0.565. The van der Waals surface area contributed by atoms with Crippen molar-refractivity contribution >= 4 is 40.7 Å². The molecule has 1 saturated heterocycles. The number of hydrazine groups is 1. The number of benzene rings is 2. The molecule has 0 bridgehead atoms. The van der Waals surface area contributed by atoms with Crippen LogP contribution in [-0.2, 0) is 6.42 Å². The smallest absolute Gasteiger partial charge is 0.286 e. The van der Waals surface area contributed by atoms with Crippen molar-refractivity contribution in [2.24, 2.45) is 0 Å². The molecular weight excluding hydrogens is 459 g/mol. The second-order valence-electron chi connectivity index (χ2n) is 7.56. The number of fused-ring (bicyclic) bond motifs is 3. The van der Waals surface area contributed by atoms with Crippen molar-refractivity contribution in [1.82, 2.24) is 20.2 Å². The van der Waals surface area contributed by atoms with E-state index in [0.29, 0.717) is 45.2 Å². The molecular formula is C22H19Cl3N4O2. The number of aromatic nitrogens is 2. The summed E-state index contributed by atoms with van der Waals surface area (Å²) in [5.74, 6) is 0.406. The lowest BCUT2D eigenvalue weighted by atomic mass is 10.0. The number of hydrogen-bond donors (Lipinski definition) is 1. The molecule has 0 atom stereocenters. The van der Waals surface area contributed by atoms with Crippen LogP contribution in [0.1, 0.15) is 28.9 Å². The first-order valence-corrected chi connectivity index (χ1v) is 11.2. The van der Waals surface area contributed by atoms with Gasteiger partial charge >= 0.3 is 0 Å². The SMILES string of the molecule is O=C(NN1CCCC1)c1nn(-c2ccc(Cl)cc2Cl)c2c1CCOc1cc(Cl)ccc1-2. The van der Waals surface area contributed by atoms with E-state index in [1.807, 2.05) is 11.1 Å². The summed E-state index contributed by atoms with van der Waals surface area (Å²) in [6.07, 6.45) is 2.65. The van der Waals surface area contributed by atoms with Gasteiger partial charge in [-0.15, -0.1) is 0 Å². The van der Waals surface area contributed by atoms with Crippen molar-refractivity contribution in [3.8, 4) is 22.7 Å². The molecule has 0 radical (unpaired) electrons. The number of ether oxygens (including phenoxy) is 1. The monoisotopic (exact) mass is 476 g/mol. The van der Waals surface area contributed by atoms with Crippen LogP contribution in [0.5, 0.6) is 5.75 Å². The van der Waals surface area contributed by atoms with Gasteiger partial charge in [-0.3, -0.25) is 10.2 Å². The van der Waals surface area contributed by atoms with E-state index in [9.17, 15) is 4.79 Å². The molecule has 0 saturated carbocycles. The van der Waals surface area contributed by atoms with Crippen molar-refractivity contribution < 1.29 is 9.53 Å². The number of nitrogens with zero attached hydrogens (tertiary/aromatic N) is 3. The molecule has 1 N–H and O–H groups in total. The fourth-order valence-corrected chi connectivity index (χ4v) is 4.72. The Morgan fingerprint density at radius 1 is 1.03 bits per heavy atom. The zero-order chi connectivity index (χ0) is 21.5. The van der Waals surface area contributed by atoms with Crippen LogP contribution in [0, 0.1) is 0 Å². The largest absolute Gasteiger partial charge is 0.492 e. The Morgan fingerprint density at radius 3 is 2.55 bits per heavy atom. The number of amides is 1. The highest BCUT2D eigenvalue weighted by molar-refractivity contribution is 6.35. The van der Waals surface area contributed by atoms with E-state index in [4.69, 9.17) is 44.6 Å². The van der Waals surface area contributed by atoms with E-state index in [-0.39, 0.29) is 5.91 Å². The zero-order valence-corrected chi connectivity index (χ0v) is 18.8. The lowest BCUT2D eigenvalue weighted by Crippen LogP contribution is -2.40. The molecule has 3 aromatic rings. The predicted molar refractivity (Wildman–Crippen MR) is 122 cm³/mol. The molecule has 0 unspecified atom stereocenters. The Morgan fingerprint density at radius 2 is 1.77 bits per heavy atom. The first-order chi connectivity index (χ1) is 15.0. The fraction of sp³-hybridized carbons (Fsp3) is 0.273. The first kappa shape index (κ1) is 20.6. The fourth-order valence-electron chi connectivity index (χ4n) is 4.07. The molecule has 2 aromatic carbocycles. The molecule has 0 spiro atoms. The second-order valence-corrected chi connectivity index (χ2v) is 8.84. The number of hydrogen-bond acceptors (Lipinski definition) is 4. The highest BCUT2D eigenvalue weighted by Gasteiger charge is 2.30. The van der Waals surface area contributed by atoms with Crippen LogP contribution >= 0.6 is 34.8 Å². The van der Waals surface area contributed by atoms with Crippen LogP contribution < -0.4 is 10.2 Å². The van der Waals surface area contributed by atoms with Crippen LogP contribution in [0.15, 0.2) is 36.4 Å². The minimum absolute atomic E-state index is 0.237. The molecule has 1 amide bonds. The van der Waals surface area contributed by atoms with Crippen molar-refractivity contribution in [3.05, 3.63) is 62.7 Å². The van der Waals surface area contributed by atoms with Gasteiger partial charge in [0.1, 0.15) is 5.75 Å². The van der Waals surface area contributed by atoms with Crippen molar-refractivity contribution in [3.63, 3.8) is 0 Å². The van der Waals surface area contributed by atoms with Crippen LogP contribution in [0.25, 0.3) is 16.9 Å². The van der Waals surface area contributed by atoms with Gasteiger partial charge in [0.15, 0.2) is 5.69 Å². The highest BCUT2D eigenvalue weighted by atomic mass is 35.5. The first-order valence-electron chi connectivity index (χ1n) is 10.1. The number of carbonyl (C=O) groups is 1. The minimum atomic E-state index is -0.237. The van der Waals surface area contributed by atoms with Crippen LogP contribution in [0.4, 0.5) is 0 Å². The summed E-state index contributed by atoms with van der Waals surface area (Å²) in [4.78, 5) is 13.2. The summed E-state index contributed by atoms with van der Waals surface area (Å²) in [6, 6.07) is 10.6. The number of carbonyl (C=O) groups excluding carboxylic acids is 1. The molecule has 2 aliphatic heterocycles. The third-order valence-electron chi connectivity index (χ3n) is 5.51. The summed E-state index contributed by atoms with van der Waals surface area (Å²) in [5.41, 5.74) is 6.35. The van der Waals surface area contributed by atoms with Crippen molar-refractivity contribution in [2.75, 3.05) is 19.7 Å². The summed E-state index contributed by atoms with van der Waals surface area (Å²) in [5, 5.41) is 8.19. The minimum Gasteiger partial charge on any atom is -0.492 e. The van der Waals surface area contributed by atoms with Gasteiger partial charge in [0.2, 0.25) is 0 Å². The molecule has 6 nitrogen and oxygen atoms in total. The molecule has 3 heterocycles. The number of rotatable bonds is 3. The maximum absolute atomic E-state index is 13.2. The summed E-state index contributed by atoms with van der Waals surface area (Å²) >= 11 is 18.8. The molecule has 160 valence electrons. The lowest BCUT2D eigenvalue weighted by molar-refractivity contribution is 0.0819. The summed E-state index contributed by atoms with van der Waals surface area (Å²) in [6.45, 7) is 2.08. The van der Waals surface area contributed by atoms with E-state index in [1.54, 1.807) is 35.0 Å². The average molecular weight is 478 g/mol. The van der Waals surface area contributed by atoms with E-state index in [2.05, 4.69) is 5.43 Å². The number of halogens is 3. The molecule has 9 heteroatoms. The van der Waals surface area contributed by atoms with Gasteiger partial charge in [0, 0.05) is 40.7 Å². The van der Waals surface area contributed by atoms with Crippen LogP contribution in [-0.4, -0.2) is 40.4 Å². The Hall–Kier alpha value is -2.25. The second kappa shape index (κ2) is 8.36. The molecule has 1 fully saturated rings. The van der Waals surface area contributed by atoms with Gasteiger partial charge in [-0.05, 0) is 49.2 Å². The van der Waals surface area contributed by atoms with Gasteiger partial charge < -0.3 is 4.74 Å². The Balaban J connectivity index is 1.70. The van der Waals surface area contributed by atoms with E-state index in [0.717, 1.165) is 42.8 Å². The van der Waals surface area contributed by atoms with Crippen LogP contribution in [0.2, 0.25) is 15.1 Å². The van der Waals surface area contributed by atoms with Gasteiger partial charge in [-0.25, -0.2) is 9.69 Å². The standard InChI is InChI=1S/C22H19Cl3N4O2/c23-13-4-6-18(17(25)11-13)29-21-15-5-3-14(24)12-19(15)31-10-7-16(21)20(26-29)22(30)27-28-8-1-2-9-28/h3-6,11-12H,1-2,7-10H2,(H,27,30). The molecule has 31 heavy (non-hydrogen) atoms. The maximum Gasteiger partial charge on any atom is 0.286 e. The van der Waals surface area contributed by atoms with Gasteiger partial charge in [-0.1, -0.05) is 34.8 Å². The Labute approximate surface area is 194 Å². The average Bonchev–Trinajstić information content (AvgIpc) is 3.32. The third kappa shape index (κ3) is 3.89. The van der Waals surface area contributed by atoms with Gasteiger partial charge in [0.05, 0.1) is 23.0 Å². The molecule has 5 rings (SSSR count). The summed E-state index contributed by atoms with van der Waals surface area (Å²) in [7, 11) is 0. The zero-order valence-electron chi connectivity index (χ0n) is 16.5.